The van der Waals surface area contributed by atoms with Crippen molar-refractivity contribution in [1.29, 1.82) is 0 Å². The standard InChI is InChI=1S/C30H30N2O2/c1-2-34-29-18-27(31-30(32-29)24-13-7-8-14-28(24)33)26-17-25-20-10-4-3-9-19(20)15-16-23(25)21-11-5-6-12-22(21)26/h3,5-9,11-18,21-22,24,28,30-31,33H,2,4,10H2,1H3. The third kappa shape index (κ3) is 3.63. The summed E-state index contributed by atoms with van der Waals surface area (Å²) < 4.78 is 5.90. The number of aliphatic hydroxyl groups is 1. The van der Waals surface area contributed by atoms with Crippen LogP contribution in [0, 0.1) is 11.8 Å². The maximum Gasteiger partial charge on any atom is 0.212 e. The molecule has 0 saturated heterocycles. The highest BCUT2D eigenvalue weighted by atomic mass is 16.5. The van der Waals surface area contributed by atoms with Crippen molar-refractivity contribution in [3.05, 3.63) is 106 Å². The number of nitrogens with zero attached hydrogens (tertiary/aromatic N) is 1. The Bertz CT molecular complexity index is 1240. The Balaban J connectivity index is 1.45. The molecule has 0 fully saturated rings. The van der Waals surface area contributed by atoms with Crippen LogP contribution in [-0.4, -0.2) is 29.9 Å². The summed E-state index contributed by atoms with van der Waals surface area (Å²) >= 11 is 0. The van der Waals surface area contributed by atoms with Crippen molar-refractivity contribution in [2.24, 2.45) is 16.8 Å². The average molecular weight is 451 g/mol. The Kier molecular flexibility index (Phi) is 5.46. The van der Waals surface area contributed by atoms with Crippen LogP contribution in [0.3, 0.4) is 0 Å². The maximum atomic E-state index is 10.6. The summed E-state index contributed by atoms with van der Waals surface area (Å²) in [5.74, 6) is 1.00. The molecule has 2 N–H and O–H groups in total. The summed E-state index contributed by atoms with van der Waals surface area (Å²) in [6, 6.07) is 4.59. The molecule has 0 saturated carbocycles. The van der Waals surface area contributed by atoms with Gasteiger partial charge in [-0.3, -0.25) is 0 Å². The number of benzene rings is 1. The van der Waals surface area contributed by atoms with Crippen LogP contribution in [0.15, 0.2) is 89.2 Å². The first kappa shape index (κ1) is 21.2. The Labute approximate surface area is 201 Å². The molecule has 0 spiro atoms. The lowest BCUT2D eigenvalue weighted by Gasteiger charge is -2.38. The van der Waals surface area contributed by atoms with E-state index in [1.165, 1.54) is 27.8 Å². The minimum Gasteiger partial charge on any atom is -0.478 e. The summed E-state index contributed by atoms with van der Waals surface area (Å²) in [5, 5.41) is 14.3. The van der Waals surface area contributed by atoms with Gasteiger partial charge in [0.05, 0.1) is 12.7 Å². The van der Waals surface area contributed by atoms with Crippen LogP contribution in [0.1, 0.15) is 41.5 Å². The predicted octanol–water partition coefficient (Wildman–Crippen LogP) is 5.22. The summed E-state index contributed by atoms with van der Waals surface area (Å²) in [6.45, 7) is 2.53. The zero-order valence-electron chi connectivity index (χ0n) is 19.4. The molecule has 4 aliphatic carbocycles. The third-order valence-electron chi connectivity index (χ3n) is 7.39. The van der Waals surface area contributed by atoms with Gasteiger partial charge in [0.15, 0.2) is 0 Å². The van der Waals surface area contributed by atoms with Crippen LogP contribution < -0.4 is 5.32 Å². The number of nitrogens with one attached hydrogen (secondary N) is 1. The second kappa shape index (κ2) is 8.77. The van der Waals surface area contributed by atoms with Crippen LogP contribution in [0.4, 0.5) is 0 Å². The monoisotopic (exact) mass is 450 g/mol. The van der Waals surface area contributed by atoms with Gasteiger partial charge in [-0.15, -0.1) is 0 Å². The van der Waals surface area contributed by atoms with E-state index < -0.39 is 6.10 Å². The Morgan fingerprint density at radius 1 is 1.03 bits per heavy atom. The molecule has 34 heavy (non-hydrogen) atoms. The van der Waals surface area contributed by atoms with Crippen molar-refractivity contribution in [3.8, 4) is 0 Å². The molecule has 4 heteroatoms. The lowest BCUT2D eigenvalue weighted by atomic mass is 9.70. The van der Waals surface area contributed by atoms with E-state index in [-0.39, 0.29) is 18.0 Å². The summed E-state index contributed by atoms with van der Waals surface area (Å²) in [4.78, 5) is 4.80. The number of aliphatic imine (C=N–C) groups is 1. The van der Waals surface area contributed by atoms with Gasteiger partial charge >= 0.3 is 0 Å². The summed E-state index contributed by atoms with van der Waals surface area (Å²) in [7, 11) is 0. The first-order chi connectivity index (χ1) is 16.7. The fourth-order valence-corrected chi connectivity index (χ4v) is 5.76. The minimum atomic E-state index is -0.585. The lowest BCUT2D eigenvalue weighted by molar-refractivity contribution is 0.152. The van der Waals surface area contributed by atoms with Crippen LogP contribution >= 0.6 is 0 Å². The predicted molar refractivity (Wildman–Crippen MR) is 138 cm³/mol. The molecule has 0 bridgehead atoms. The maximum absolute atomic E-state index is 10.6. The Hall–Kier alpha value is -3.37. The molecule has 0 amide bonds. The summed E-state index contributed by atoms with van der Waals surface area (Å²) in [5.41, 5.74) is 7.83. The fraction of sp³-hybridized carbons (Fsp3) is 0.300. The number of rotatable bonds is 3. The highest BCUT2D eigenvalue weighted by Gasteiger charge is 2.36. The first-order valence-electron chi connectivity index (χ1n) is 12.3. The molecule has 5 aliphatic rings. The molecule has 1 aromatic rings. The molecule has 0 radical (unpaired) electrons. The van der Waals surface area contributed by atoms with E-state index in [0.29, 0.717) is 18.4 Å². The smallest absolute Gasteiger partial charge is 0.212 e. The number of allylic oxidation sites excluding steroid dienone is 8. The zero-order chi connectivity index (χ0) is 23.1. The molecule has 5 unspecified atom stereocenters. The molecular weight excluding hydrogens is 420 g/mol. The second-order valence-electron chi connectivity index (χ2n) is 9.38. The van der Waals surface area contributed by atoms with Gasteiger partial charge in [0.2, 0.25) is 5.90 Å². The molecule has 6 rings (SSSR count). The van der Waals surface area contributed by atoms with E-state index >= 15 is 0 Å². The quantitative estimate of drug-likeness (QED) is 0.664. The SMILES string of the molecule is CCOC1=NC(C2C=CC=CC2O)NC(C2=Cc3c(ccc4c3CCC=C4)C3C=CC=CC23)=C1. The van der Waals surface area contributed by atoms with Crippen molar-refractivity contribution in [1.82, 2.24) is 5.32 Å². The van der Waals surface area contributed by atoms with Gasteiger partial charge in [-0.25, -0.2) is 4.99 Å². The Morgan fingerprint density at radius 2 is 1.85 bits per heavy atom. The molecule has 1 heterocycles. The normalized spacial score (nSPS) is 30.4. The third-order valence-corrected chi connectivity index (χ3v) is 7.39. The highest BCUT2D eigenvalue weighted by Crippen LogP contribution is 2.46. The number of aliphatic hydroxyl groups excluding tert-OH is 1. The van der Waals surface area contributed by atoms with Gasteiger partial charge in [0.1, 0.15) is 6.17 Å². The second-order valence-corrected chi connectivity index (χ2v) is 9.38. The number of fused-ring (bicyclic) bond motifs is 5. The number of hydrogen-bond donors (Lipinski definition) is 2. The molecule has 5 atom stereocenters. The largest absolute Gasteiger partial charge is 0.478 e. The van der Waals surface area contributed by atoms with Crippen molar-refractivity contribution < 1.29 is 9.84 Å². The first-order valence-corrected chi connectivity index (χ1v) is 12.3. The van der Waals surface area contributed by atoms with Crippen molar-refractivity contribution in [3.63, 3.8) is 0 Å². The zero-order valence-corrected chi connectivity index (χ0v) is 19.4. The fourth-order valence-electron chi connectivity index (χ4n) is 5.76. The van der Waals surface area contributed by atoms with Crippen molar-refractivity contribution in [2.45, 2.75) is 38.0 Å². The molecular formula is C30H30N2O2. The van der Waals surface area contributed by atoms with Gasteiger partial charge < -0.3 is 15.2 Å². The Morgan fingerprint density at radius 3 is 2.71 bits per heavy atom. The van der Waals surface area contributed by atoms with Gasteiger partial charge in [0, 0.05) is 29.5 Å². The van der Waals surface area contributed by atoms with Gasteiger partial charge in [-0.05, 0) is 53.7 Å². The van der Waals surface area contributed by atoms with E-state index in [0.717, 1.165) is 18.5 Å². The lowest BCUT2D eigenvalue weighted by Crippen LogP contribution is -2.43. The van der Waals surface area contributed by atoms with E-state index in [2.05, 4.69) is 60.0 Å². The van der Waals surface area contributed by atoms with E-state index in [9.17, 15) is 5.11 Å². The van der Waals surface area contributed by atoms with Crippen LogP contribution in [0.2, 0.25) is 0 Å². The van der Waals surface area contributed by atoms with E-state index in [1.807, 2.05) is 37.3 Å². The summed E-state index contributed by atoms with van der Waals surface area (Å²) in [6.07, 6.45) is 26.9. The molecule has 0 aromatic heterocycles. The molecule has 1 aromatic carbocycles. The van der Waals surface area contributed by atoms with Crippen molar-refractivity contribution >= 4 is 18.0 Å². The van der Waals surface area contributed by atoms with Crippen LogP contribution in [0.25, 0.3) is 12.2 Å². The van der Waals surface area contributed by atoms with Gasteiger partial charge in [0.25, 0.3) is 0 Å². The number of hydrogen-bond acceptors (Lipinski definition) is 4. The van der Waals surface area contributed by atoms with Gasteiger partial charge in [-0.2, -0.15) is 0 Å². The van der Waals surface area contributed by atoms with E-state index in [4.69, 9.17) is 9.73 Å². The highest BCUT2D eigenvalue weighted by molar-refractivity contribution is 5.91. The van der Waals surface area contributed by atoms with E-state index in [1.54, 1.807) is 0 Å². The van der Waals surface area contributed by atoms with Gasteiger partial charge in [-0.1, -0.05) is 72.9 Å². The van der Waals surface area contributed by atoms with Crippen LogP contribution in [0.5, 0.6) is 0 Å². The molecule has 4 nitrogen and oxygen atoms in total. The minimum absolute atomic E-state index is 0.156. The number of ether oxygens (including phenoxy) is 1. The van der Waals surface area contributed by atoms with Crippen molar-refractivity contribution in [2.75, 3.05) is 6.61 Å². The average Bonchev–Trinajstić information content (AvgIpc) is 2.88. The van der Waals surface area contributed by atoms with Crippen LogP contribution in [-0.2, 0) is 11.2 Å². The topological polar surface area (TPSA) is 53.9 Å². The molecule has 172 valence electrons. The molecule has 1 aliphatic heterocycles.